The van der Waals surface area contributed by atoms with Crippen LogP contribution in [0.1, 0.15) is 31.4 Å². The average molecular weight is 231 g/mol. The Morgan fingerprint density at radius 3 is 2.88 bits per heavy atom. The largest absolute Gasteiger partial charge is 0.461 e. The van der Waals surface area contributed by atoms with E-state index in [0.29, 0.717) is 0 Å². The molecule has 0 spiro atoms. The molecule has 1 aromatic carbocycles. The second kappa shape index (κ2) is 4.15. The molecule has 0 aromatic heterocycles. The van der Waals surface area contributed by atoms with Crippen LogP contribution in [0.15, 0.2) is 30.3 Å². The van der Waals surface area contributed by atoms with Crippen molar-refractivity contribution in [1.29, 1.82) is 0 Å². The fourth-order valence-electron chi connectivity index (χ4n) is 2.92. The first kappa shape index (κ1) is 10.8. The summed E-state index contributed by atoms with van der Waals surface area (Å²) < 4.78 is 5.32. The molecule has 3 rings (SSSR count). The number of hydrogen-bond acceptors (Lipinski definition) is 3. The van der Waals surface area contributed by atoms with Gasteiger partial charge in [-0.2, -0.15) is 0 Å². The Bertz CT molecular complexity index is 417. The summed E-state index contributed by atoms with van der Waals surface area (Å²) in [6.07, 6.45) is 2.02. The molecule has 0 N–H and O–H groups in total. The highest BCUT2D eigenvalue weighted by Crippen LogP contribution is 2.34. The van der Waals surface area contributed by atoms with E-state index in [-0.39, 0.29) is 24.2 Å². The standard InChI is InChI=1S/C14H17NO2/c1-10(11-5-3-2-4-6-11)15-8-7-12-9-13(15)14(16)17-12/h2-6,10,12-13H,7-9H2,1H3/t10?,12-,13+/m0/s1. The second-order valence-corrected chi connectivity index (χ2v) is 4.92. The Hall–Kier alpha value is -1.35. The van der Waals surface area contributed by atoms with E-state index < -0.39 is 0 Å². The number of benzene rings is 1. The molecule has 1 aromatic rings. The van der Waals surface area contributed by atoms with Crippen molar-refractivity contribution >= 4 is 5.97 Å². The molecule has 3 nitrogen and oxygen atoms in total. The van der Waals surface area contributed by atoms with E-state index in [1.165, 1.54) is 5.56 Å². The van der Waals surface area contributed by atoms with Crippen molar-refractivity contribution in [3.05, 3.63) is 35.9 Å². The molecule has 2 aliphatic rings. The zero-order valence-electron chi connectivity index (χ0n) is 10.0. The molecule has 2 fully saturated rings. The number of ether oxygens (including phenoxy) is 1. The zero-order valence-corrected chi connectivity index (χ0v) is 10.0. The van der Waals surface area contributed by atoms with Crippen molar-refractivity contribution in [3.63, 3.8) is 0 Å². The summed E-state index contributed by atoms with van der Waals surface area (Å²) in [4.78, 5) is 14.0. The molecule has 2 saturated heterocycles. The average Bonchev–Trinajstić information content (AvgIpc) is 2.66. The third-order valence-electron chi connectivity index (χ3n) is 3.93. The maximum Gasteiger partial charge on any atom is 0.323 e. The van der Waals surface area contributed by atoms with Crippen LogP contribution in [-0.2, 0) is 9.53 Å². The molecular weight excluding hydrogens is 214 g/mol. The number of likely N-dealkylation sites (tertiary alicyclic amines) is 1. The van der Waals surface area contributed by atoms with E-state index in [0.717, 1.165) is 19.4 Å². The van der Waals surface area contributed by atoms with Crippen LogP contribution in [0.4, 0.5) is 0 Å². The molecule has 0 radical (unpaired) electrons. The lowest BCUT2D eigenvalue weighted by Gasteiger charge is -2.34. The first-order valence-corrected chi connectivity index (χ1v) is 6.27. The van der Waals surface area contributed by atoms with Crippen LogP contribution in [0.2, 0.25) is 0 Å². The van der Waals surface area contributed by atoms with Crippen molar-refractivity contribution in [2.45, 2.75) is 38.0 Å². The van der Waals surface area contributed by atoms with Crippen molar-refractivity contribution < 1.29 is 9.53 Å². The molecule has 90 valence electrons. The van der Waals surface area contributed by atoms with Crippen molar-refractivity contribution in [2.75, 3.05) is 6.54 Å². The van der Waals surface area contributed by atoms with Gasteiger partial charge in [-0.05, 0) is 18.9 Å². The van der Waals surface area contributed by atoms with E-state index in [1.54, 1.807) is 0 Å². The molecular formula is C14H17NO2. The van der Waals surface area contributed by atoms with Gasteiger partial charge in [0, 0.05) is 19.0 Å². The van der Waals surface area contributed by atoms with Crippen LogP contribution in [0.5, 0.6) is 0 Å². The van der Waals surface area contributed by atoms with Gasteiger partial charge in [-0.1, -0.05) is 30.3 Å². The summed E-state index contributed by atoms with van der Waals surface area (Å²) in [6.45, 7) is 3.12. The van der Waals surface area contributed by atoms with Gasteiger partial charge in [0.25, 0.3) is 0 Å². The first-order chi connectivity index (χ1) is 8.25. The lowest BCUT2D eigenvalue weighted by molar-refractivity contribution is -0.143. The highest BCUT2D eigenvalue weighted by atomic mass is 16.6. The van der Waals surface area contributed by atoms with Gasteiger partial charge in [0.2, 0.25) is 0 Å². The van der Waals surface area contributed by atoms with E-state index in [2.05, 4.69) is 24.0 Å². The van der Waals surface area contributed by atoms with Crippen LogP contribution in [0.3, 0.4) is 0 Å². The summed E-state index contributed by atoms with van der Waals surface area (Å²) in [6, 6.07) is 10.6. The molecule has 0 amide bonds. The summed E-state index contributed by atoms with van der Waals surface area (Å²) in [5.41, 5.74) is 1.27. The van der Waals surface area contributed by atoms with Gasteiger partial charge >= 0.3 is 5.97 Å². The highest BCUT2D eigenvalue weighted by molar-refractivity contribution is 5.78. The molecule has 0 aliphatic carbocycles. The van der Waals surface area contributed by atoms with Crippen LogP contribution in [0.25, 0.3) is 0 Å². The van der Waals surface area contributed by atoms with Crippen LogP contribution >= 0.6 is 0 Å². The normalized spacial score (nSPS) is 30.1. The van der Waals surface area contributed by atoms with Crippen LogP contribution in [-0.4, -0.2) is 29.6 Å². The minimum Gasteiger partial charge on any atom is -0.461 e. The monoisotopic (exact) mass is 231 g/mol. The van der Waals surface area contributed by atoms with E-state index >= 15 is 0 Å². The summed E-state index contributed by atoms with van der Waals surface area (Å²) >= 11 is 0. The molecule has 1 unspecified atom stereocenters. The Balaban J connectivity index is 1.82. The number of nitrogens with zero attached hydrogens (tertiary/aromatic N) is 1. The van der Waals surface area contributed by atoms with Crippen LogP contribution in [0, 0.1) is 0 Å². The van der Waals surface area contributed by atoms with Gasteiger partial charge in [0.1, 0.15) is 12.1 Å². The maximum absolute atomic E-state index is 11.7. The number of carbonyl (C=O) groups is 1. The molecule has 2 heterocycles. The van der Waals surface area contributed by atoms with Crippen molar-refractivity contribution in [2.24, 2.45) is 0 Å². The van der Waals surface area contributed by atoms with E-state index in [4.69, 9.17) is 4.74 Å². The lowest BCUT2D eigenvalue weighted by Crippen LogP contribution is -2.43. The van der Waals surface area contributed by atoms with E-state index in [1.807, 2.05) is 18.2 Å². The third-order valence-corrected chi connectivity index (χ3v) is 3.93. The number of rotatable bonds is 2. The molecule has 0 saturated carbocycles. The van der Waals surface area contributed by atoms with Gasteiger partial charge < -0.3 is 4.74 Å². The summed E-state index contributed by atoms with van der Waals surface area (Å²) in [5.74, 6) is -0.0321. The first-order valence-electron chi connectivity index (χ1n) is 6.27. The fraction of sp³-hybridized carbons (Fsp3) is 0.500. The Morgan fingerprint density at radius 1 is 1.35 bits per heavy atom. The van der Waals surface area contributed by atoms with E-state index in [9.17, 15) is 4.79 Å². The fourth-order valence-corrected chi connectivity index (χ4v) is 2.92. The zero-order chi connectivity index (χ0) is 11.8. The van der Waals surface area contributed by atoms with Crippen molar-refractivity contribution in [3.8, 4) is 0 Å². The smallest absolute Gasteiger partial charge is 0.323 e. The number of hydrogen-bond donors (Lipinski definition) is 0. The summed E-state index contributed by atoms with van der Waals surface area (Å²) in [7, 11) is 0. The van der Waals surface area contributed by atoms with Gasteiger partial charge in [0.15, 0.2) is 0 Å². The number of piperidine rings is 1. The Morgan fingerprint density at radius 2 is 2.12 bits per heavy atom. The van der Waals surface area contributed by atoms with Gasteiger partial charge in [0.05, 0.1) is 0 Å². The number of esters is 1. The van der Waals surface area contributed by atoms with Crippen molar-refractivity contribution in [1.82, 2.24) is 4.90 Å². The Labute approximate surface area is 101 Å². The molecule has 3 heteroatoms. The SMILES string of the molecule is CC(c1ccccc1)N1CC[C@H]2C[C@@H]1C(=O)O2. The predicted molar refractivity (Wildman–Crippen MR) is 64.5 cm³/mol. The minimum atomic E-state index is -0.0321. The van der Waals surface area contributed by atoms with Gasteiger partial charge in [-0.15, -0.1) is 0 Å². The third kappa shape index (κ3) is 1.84. The Kier molecular flexibility index (Phi) is 2.63. The topological polar surface area (TPSA) is 29.5 Å². The van der Waals surface area contributed by atoms with Gasteiger partial charge in [-0.25, -0.2) is 0 Å². The second-order valence-electron chi connectivity index (χ2n) is 4.92. The molecule has 17 heavy (non-hydrogen) atoms. The lowest BCUT2D eigenvalue weighted by atomic mass is 9.98. The number of carbonyl (C=O) groups excluding carboxylic acids is 1. The predicted octanol–water partition coefficient (Wildman–Crippen LogP) is 2.14. The summed E-state index contributed by atoms with van der Waals surface area (Å²) in [5, 5.41) is 0. The molecule has 2 aliphatic heterocycles. The number of fused-ring (bicyclic) bond motifs is 2. The van der Waals surface area contributed by atoms with Crippen LogP contribution < -0.4 is 0 Å². The molecule has 2 bridgehead atoms. The maximum atomic E-state index is 11.7. The molecule has 3 atom stereocenters. The quantitative estimate of drug-likeness (QED) is 0.730. The highest BCUT2D eigenvalue weighted by Gasteiger charge is 2.44. The van der Waals surface area contributed by atoms with Gasteiger partial charge in [-0.3, -0.25) is 9.69 Å². The minimum absolute atomic E-state index is 0.0241.